The van der Waals surface area contributed by atoms with E-state index in [9.17, 15) is 24.1 Å². The number of aryl methyl sites for hydroxylation is 1. The molecule has 0 saturated carbocycles. The van der Waals surface area contributed by atoms with Gasteiger partial charge in [0.2, 0.25) is 0 Å². The van der Waals surface area contributed by atoms with E-state index in [1.165, 1.54) is 41.0 Å². The average molecular weight is 548 g/mol. The van der Waals surface area contributed by atoms with Gasteiger partial charge in [-0.2, -0.15) is 0 Å². The van der Waals surface area contributed by atoms with Gasteiger partial charge in [-0.25, -0.2) is 14.2 Å². The van der Waals surface area contributed by atoms with Gasteiger partial charge >= 0.3 is 5.97 Å². The van der Waals surface area contributed by atoms with Crippen molar-refractivity contribution >= 4 is 29.1 Å². The molecular weight excluding hydrogens is 525 g/mol. The summed E-state index contributed by atoms with van der Waals surface area (Å²) >= 11 is 1.12. The smallest absolute Gasteiger partial charge is 0.338 e. The fourth-order valence-electron chi connectivity index (χ4n) is 4.45. The maximum Gasteiger partial charge on any atom is 0.338 e. The highest BCUT2D eigenvalue weighted by Gasteiger charge is 2.33. The van der Waals surface area contributed by atoms with Gasteiger partial charge in [0.05, 0.1) is 33.4 Å². The van der Waals surface area contributed by atoms with Crippen molar-refractivity contribution < 1.29 is 23.3 Å². The van der Waals surface area contributed by atoms with E-state index in [-0.39, 0.29) is 17.9 Å². The molecule has 2 aromatic heterocycles. The lowest BCUT2D eigenvalue weighted by Gasteiger charge is -2.24. The molecule has 0 fully saturated rings. The number of benzene rings is 2. The number of carbonyl (C=O) groups is 1. The number of non-ortho nitro benzene ring substituents is 1. The maximum atomic E-state index is 13.7. The van der Waals surface area contributed by atoms with Gasteiger partial charge in [0, 0.05) is 23.8 Å². The first-order valence-electron chi connectivity index (χ1n) is 12.0. The van der Waals surface area contributed by atoms with Crippen molar-refractivity contribution in [3.8, 4) is 11.3 Å². The second-order valence-electron chi connectivity index (χ2n) is 8.81. The summed E-state index contributed by atoms with van der Waals surface area (Å²) in [5.74, 6) is -0.275. The van der Waals surface area contributed by atoms with Crippen LogP contribution in [0.3, 0.4) is 0 Å². The average Bonchev–Trinajstić information content (AvgIpc) is 3.48. The third kappa shape index (κ3) is 4.84. The number of furan rings is 1. The number of ether oxygens (including phenoxy) is 1. The number of thiazole rings is 1. The fourth-order valence-corrected chi connectivity index (χ4v) is 5.47. The van der Waals surface area contributed by atoms with Crippen LogP contribution in [0.4, 0.5) is 10.1 Å². The quantitative estimate of drug-likeness (QED) is 0.201. The molecule has 0 saturated heterocycles. The minimum Gasteiger partial charge on any atom is -0.463 e. The third-order valence-electron chi connectivity index (χ3n) is 6.30. The Morgan fingerprint density at radius 1 is 1.21 bits per heavy atom. The van der Waals surface area contributed by atoms with E-state index < -0.39 is 28.3 Å². The molecule has 3 heterocycles. The predicted octanol–water partition coefficient (Wildman–Crippen LogP) is 4.41. The predicted molar refractivity (Wildman–Crippen MR) is 142 cm³/mol. The normalized spacial score (nSPS) is 15.2. The number of esters is 1. The number of halogens is 1. The minimum absolute atomic E-state index is 0.0598. The SMILES string of the molecule is CCOC(=O)C1=C(C)N=c2s/c(=C\c3ccc(-c4cc([N+](=O)[O-])ccc4C)o3)c(=O)n2[C@H]1c1ccc(F)cc1. The molecule has 1 aliphatic heterocycles. The first-order valence-corrected chi connectivity index (χ1v) is 12.8. The van der Waals surface area contributed by atoms with E-state index in [1.807, 2.05) is 6.92 Å². The molecule has 2 aromatic carbocycles. The van der Waals surface area contributed by atoms with Crippen LogP contribution in [0.5, 0.6) is 0 Å². The Morgan fingerprint density at radius 3 is 2.64 bits per heavy atom. The van der Waals surface area contributed by atoms with Gasteiger partial charge < -0.3 is 9.15 Å². The first-order chi connectivity index (χ1) is 18.7. The molecule has 1 atom stereocenters. The summed E-state index contributed by atoms with van der Waals surface area (Å²) in [5, 5.41) is 11.2. The first kappa shape index (κ1) is 26.0. The molecule has 0 bridgehead atoms. The zero-order valence-corrected chi connectivity index (χ0v) is 22.0. The number of carbonyl (C=O) groups excluding carboxylic acids is 1. The maximum absolute atomic E-state index is 13.7. The number of hydrogen-bond donors (Lipinski definition) is 0. The van der Waals surface area contributed by atoms with Crippen molar-refractivity contribution in [3.63, 3.8) is 0 Å². The Labute approximate surface area is 225 Å². The Hall–Kier alpha value is -4.64. The van der Waals surface area contributed by atoms with Gasteiger partial charge in [-0.1, -0.05) is 29.5 Å². The van der Waals surface area contributed by atoms with Crippen LogP contribution >= 0.6 is 11.3 Å². The van der Waals surface area contributed by atoms with Gasteiger partial charge in [-0.05, 0) is 56.2 Å². The van der Waals surface area contributed by atoms with Gasteiger partial charge in [0.1, 0.15) is 17.3 Å². The molecule has 0 aliphatic carbocycles. The zero-order chi connectivity index (χ0) is 27.8. The van der Waals surface area contributed by atoms with Crippen molar-refractivity contribution in [2.24, 2.45) is 4.99 Å². The Balaban J connectivity index is 1.62. The highest BCUT2D eigenvalue weighted by Crippen LogP contribution is 2.31. The monoisotopic (exact) mass is 547 g/mol. The number of nitro groups is 1. The van der Waals surface area contributed by atoms with Crippen molar-refractivity contribution in [2.75, 3.05) is 6.61 Å². The number of rotatable bonds is 6. The van der Waals surface area contributed by atoms with Crippen LogP contribution in [0.1, 0.15) is 36.8 Å². The van der Waals surface area contributed by atoms with Gasteiger partial charge in [-0.15, -0.1) is 0 Å². The van der Waals surface area contributed by atoms with Crippen molar-refractivity contribution in [1.29, 1.82) is 0 Å². The van der Waals surface area contributed by atoms with E-state index in [2.05, 4.69) is 4.99 Å². The van der Waals surface area contributed by atoms with Crippen molar-refractivity contribution in [1.82, 2.24) is 4.57 Å². The molecule has 9 nitrogen and oxygen atoms in total. The highest BCUT2D eigenvalue weighted by molar-refractivity contribution is 7.07. The summed E-state index contributed by atoms with van der Waals surface area (Å²) < 4.78 is 26.6. The second kappa shape index (κ2) is 10.3. The number of hydrogen-bond acceptors (Lipinski definition) is 8. The van der Waals surface area contributed by atoms with Crippen molar-refractivity contribution in [2.45, 2.75) is 26.8 Å². The van der Waals surface area contributed by atoms with E-state index in [4.69, 9.17) is 9.15 Å². The Bertz CT molecular complexity index is 1830. The highest BCUT2D eigenvalue weighted by atomic mass is 32.1. The summed E-state index contributed by atoms with van der Waals surface area (Å²) in [6.45, 7) is 5.31. The molecule has 5 rings (SSSR count). The summed E-state index contributed by atoms with van der Waals surface area (Å²) in [4.78, 5) is 42.2. The number of allylic oxidation sites excluding steroid dienone is 1. The van der Waals surface area contributed by atoms with E-state index in [0.717, 1.165) is 16.9 Å². The summed E-state index contributed by atoms with van der Waals surface area (Å²) in [6.07, 6.45) is 1.56. The standard InChI is InChI=1S/C28H22FN3O6S/c1-4-37-27(34)24-16(3)30-28-31(25(24)17-6-8-18(29)9-7-17)26(33)23(39-28)14-20-11-12-22(38-20)21-13-19(32(35)36)10-5-15(21)2/h5-14,25H,4H2,1-3H3/b23-14-/t25-/m0/s1. The largest absolute Gasteiger partial charge is 0.463 e. The molecular formula is C28H22FN3O6S. The molecule has 0 spiro atoms. The van der Waals surface area contributed by atoms with Crippen LogP contribution in [0, 0.1) is 22.9 Å². The van der Waals surface area contributed by atoms with E-state index >= 15 is 0 Å². The zero-order valence-electron chi connectivity index (χ0n) is 21.1. The lowest BCUT2D eigenvalue weighted by Crippen LogP contribution is -2.39. The molecule has 0 N–H and O–H groups in total. The molecule has 11 heteroatoms. The van der Waals surface area contributed by atoms with Crippen LogP contribution in [0.2, 0.25) is 0 Å². The topological polar surface area (TPSA) is 117 Å². The van der Waals surface area contributed by atoms with Gasteiger partial charge in [-0.3, -0.25) is 19.5 Å². The second-order valence-corrected chi connectivity index (χ2v) is 9.82. The van der Waals surface area contributed by atoms with Crippen LogP contribution < -0.4 is 14.9 Å². The van der Waals surface area contributed by atoms with Crippen LogP contribution in [-0.4, -0.2) is 22.1 Å². The third-order valence-corrected chi connectivity index (χ3v) is 7.28. The molecule has 0 unspecified atom stereocenters. The molecule has 0 radical (unpaired) electrons. The van der Waals surface area contributed by atoms with Gasteiger partial charge in [0.25, 0.3) is 11.2 Å². The minimum atomic E-state index is -0.859. The van der Waals surface area contributed by atoms with Crippen LogP contribution in [0.25, 0.3) is 17.4 Å². The lowest BCUT2D eigenvalue weighted by molar-refractivity contribution is -0.384. The lowest BCUT2D eigenvalue weighted by atomic mass is 9.96. The molecule has 4 aromatic rings. The summed E-state index contributed by atoms with van der Waals surface area (Å²) in [6, 6.07) is 12.6. The van der Waals surface area contributed by atoms with E-state index in [1.54, 1.807) is 38.1 Å². The Morgan fingerprint density at radius 2 is 1.95 bits per heavy atom. The molecule has 198 valence electrons. The van der Waals surface area contributed by atoms with E-state index in [0.29, 0.717) is 37.7 Å². The summed E-state index contributed by atoms with van der Waals surface area (Å²) in [5.41, 5.74) is 2.02. The number of aromatic nitrogens is 1. The van der Waals surface area contributed by atoms with Gasteiger partial charge in [0.15, 0.2) is 4.80 Å². The fraction of sp³-hybridized carbons (Fsp3) is 0.179. The summed E-state index contributed by atoms with van der Waals surface area (Å²) in [7, 11) is 0. The number of nitrogens with zero attached hydrogens (tertiary/aromatic N) is 3. The van der Waals surface area contributed by atoms with Crippen molar-refractivity contribution in [3.05, 3.63) is 118 Å². The Kier molecular flexibility index (Phi) is 6.83. The molecule has 0 amide bonds. The molecule has 39 heavy (non-hydrogen) atoms. The number of nitro benzene ring substituents is 1. The van der Waals surface area contributed by atoms with Crippen LogP contribution in [0.15, 0.2) is 80.1 Å². The van der Waals surface area contributed by atoms with Crippen LogP contribution in [-0.2, 0) is 9.53 Å². The number of fused-ring (bicyclic) bond motifs is 1. The molecule has 1 aliphatic rings.